The van der Waals surface area contributed by atoms with Crippen molar-refractivity contribution in [3.63, 3.8) is 0 Å². The van der Waals surface area contributed by atoms with Crippen molar-refractivity contribution in [3.05, 3.63) is 0 Å². The molecule has 2 N–H and O–H groups in total. The third-order valence-corrected chi connectivity index (χ3v) is 5.59. The minimum Gasteiger partial charge on any atom is -0.394 e. The van der Waals surface area contributed by atoms with Crippen molar-refractivity contribution in [3.8, 4) is 0 Å². The van der Waals surface area contributed by atoms with E-state index in [4.69, 9.17) is 4.74 Å². The zero-order valence-corrected chi connectivity index (χ0v) is 13.9. The fourth-order valence-electron chi connectivity index (χ4n) is 4.22. The number of nitrogens with one attached hydrogen (secondary N) is 1. The molecule has 2 aliphatic rings. The van der Waals surface area contributed by atoms with Crippen molar-refractivity contribution in [1.82, 2.24) is 5.32 Å². The van der Waals surface area contributed by atoms with Gasteiger partial charge in [-0.05, 0) is 51.0 Å². The van der Waals surface area contributed by atoms with Crippen molar-refractivity contribution >= 4 is 0 Å². The van der Waals surface area contributed by atoms with Crippen LogP contribution in [0.4, 0.5) is 0 Å². The van der Waals surface area contributed by atoms with Crippen LogP contribution in [0.1, 0.15) is 77.6 Å². The topological polar surface area (TPSA) is 41.5 Å². The van der Waals surface area contributed by atoms with E-state index in [0.717, 1.165) is 32.4 Å². The zero-order chi connectivity index (χ0) is 15.0. The molecular weight excluding hydrogens is 262 g/mol. The Kier molecular flexibility index (Phi) is 7.48. The Hall–Kier alpha value is -0.120. The Morgan fingerprint density at radius 3 is 2.52 bits per heavy atom. The maximum absolute atomic E-state index is 9.90. The summed E-state index contributed by atoms with van der Waals surface area (Å²) in [4.78, 5) is 0. The normalized spacial score (nSPS) is 31.4. The van der Waals surface area contributed by atoms with Gasteiger partial charge in [0.25, 0.3) is 0 Å². The molecule has 2 unspecified atom stereocenters. The number of aliphatic hydroxyl groups excluding tert-OH is 1. The molecule has 0 spiro atoms. The van der Waals surface area contributed by atoms with Gasteiger partial charge >= 0.3 is 0 Å². The zero-order valence-electron chi connectivity index (χ0n) is 13.9. The highest BCUT2D eigenvalue weighted by Crippen LogP contribution is 2.38. The molecule has 2 rings (SSSR count). The molecule has 2 aliphatic carbocycles. The molecule has 0 aromatic rings. The molecule has 0 bridgehead atoms. The molecule has 0 aromatic heterocycles. The number of hydrogen-bond donors (Lipinski definition) is 2. The van der Waals surface area contributed by atoms with Crippen molar-refractivity contribution < 1.29 is 9.84 Å². The highest BCUT2D eigenvalue weighted by molar-refractivity contribution is 4.98. The first-order valence-corrected chi connectivity index (χ1v) is 9.28. The lowest BCUT2D eigenvalue weighted by molar-refractivity contribution is 0.0233. The van der Waals surface area contributed by atoms with Crippen molar-refractivity contribution in [1.29, 1.82) is 0 Å². The fraction of sp³-hybridized carbons (Fsp3) is 1.00. The molecule has 124 valence electrons. The molecule has 0 heterocycles. The predicted molar refractivity (Wildman–Crippen MR) is 87.5 cm³/mol. The van der Waals surface area contributed by atoms with Crippen LogP contribution in [0.15, 0.2) is 0 Å². The van der Waals surface area contributed by atoms with Crippen molar-refractivity contribution in [2.45, 2.75) is 89.2 Å². The molecule has 21 heavy (non-hydrogen) atoms. The van der Waals surface area contributed by atoms with E-state index in [1.54, 1.807) is 0 Å². The third-order valence-electron chi connectivity index (χ3n) is 5.59. The van der Waals surface area contributed by atoms with Crippen LogP contribution in [-0.4, -0.2) is 36.5 Å². The minimum absolute atomic E-state index is 0.0250. The van der Waals surface area contributed by atoms with Gasteiger partial charge in [0.2, 0.25) is 0 Å². The molecule has 3 heteroatoms. The Morgan fingerprint density at radius 2 is 1.86 bits per heavy atom. The van der Waals surface area contributed by atoms with Crippen LogP contribution >= 0.6 is 0 Å². The van der Waals surface area contributed by atoms with Crippen LogP contribution in [0.5, 0.6) is 0 Å². The molecule has 0 amide bonds. The standard InChI is InChI=1S/C18H35NO2/c1-2-13-19-18(15-20)12-7-8-16(18)11-14-21-17-9-5-3-4-6-10-17/h16-17,19-20H,2-15H2,1H3. The summed E-state index contributed by atoms with van der Waals surface area (Å²) in [6.45, 7) is 4.36. The Balaban J connectivity index is 1.75. The molecule has 2 atom stereocenters. The van der Waals surface area contributed by atoms with Crippen LogP contribution in [0.25, 0.3) is 0 Å². The average molecular weight is 297 g/mol. The van der Waals surface area contributed by atoms with Gasteiger partial charge in [-0.15, -0.1) is 0 Å². The van der Waals surface area contributed by atoms with Crippen LogP contribution in [0.3, 0.4) is 0 Å². The lowest BCUT2D eigenvalue weighted by Crippen LogP contribution is -2.52. The van der Waals surface area contributed by atoms with Gasteiger partial charge in [-0.1, -0.05) is 39.0 Å². The fourth-order valence-corrected chi connectivity index (χ4v) is 4.22. The summed E-state index contributed by atoms with van der Waals surface area (Å²) >= 11 is 0. The summed E-state index contributed by atoms with van der Waals surface area (Å²) in [6, 6.07) is 0. The second kappa shape index (κ2) is 9.12. The third kappa shape index (κ3) is 4.94. The van der Waals surface area contributed by atoms with E-state index < -0.39 is 0 Å². The van der Waals surface area contributed by atoms with E-state index in [-0.39, 0.29) is 12.1 Å². The maximum atomic E-state index is 9.90. The molecule has 0 saturated heterocycles. The van der Waals surface area contributed by atoms with E-state index in [1.165, 1.54) is 51.4 Å². The summed E-state index contributed by atoms with van der Waals surface area (Å²) < 4.78 is 6.16. The van der Waals surface area contributed by atoms with Crippen molar-refractivity contribution in [2.24, 2.45) is 5.92 Å². The second-order valence-corrected chi connectivity index (χ2v) is 7.10. The summed E-state index contributed by atoms with van der Waals surface area (Å²) in [6.07, 6.45) is 14.3. The van der Waals surface area contributed by atoms with E-state index >= 15 is 0 Å². The Labute approximate surface area is 130 Å². The number of hydrogen-bond acceptors (Lipinski definition) is 3. The first-order valence-electron chi connectivity index (χ1n) is 9.28. The van der Waals surface area contributed by atoms with Gasteiger partial charge in [-0.3, -0.25) is 0 Å². The minimum atomic E-state index is -0.0250. The molecule has 0 radical (unpaired) electrons. The summed E-state index contributed by atoms with van der Waals surface area (Å²) in [7, 11) is 0. The molecule has 3 nitrogen and oxygen atoms in total. The van der Waals surface area contributed by atoms with Gasteiger partial charge in [0.05, 0.1) is 12.7 Å². The SMILES string of the molecule is CCCNC1(CO)CCCC1CCOC1CCCCCC1. The number of ether oxygens (including phenoxy) is 1. The maximum Gasteiger partial charge on any atom is 0.0616 e. The molecule has 2 saturated carbocycles. The van der Waals surface area contributed by atoms with Gasteiger partial charge in [0.15, 0.2) is 0 Å². The largest absolute Gasteiger partial charge is 0.394 e. The summed E-state index contributed by atoms with van der Waals surface area (Å²) in [5, 5.41) is 13.5. The monoisotopic (exact) mass is 297 g/mol. The van der Waals surface area contributed by atoms with Gasteiger partial charge < -0.3 is 15.2 Å². The van der Waals surface area contributed by atoms with Gasteiger partial charge in [-0.2, -0.15) is 0 Å². The highest BCUT2D eigenvalue weighted by atomic mass is 16.5. The summed E-state index contributed by atoms with van der Waals surface area (Å²) in [5.74, 6) is 0.583. The average Bonchev–Trinajstić information content (AvgIpc) is 2.72. The van der Waals surface area contributed by atoms with E-state index in [9.17, 15) is 5.11 Å². The lowest BCUT2D eigenvalue weighted by Gasteiger charge is -2.35. The van der Waals surface area contributed by atoms with Crippen molar-refractivity contribution in [2.75, 3.05) is 19.8 Å². The lowest BCUT2D eigenvalue weighted by atomic mass is 9.85. The van der Waals surface area contributed by atoms with Crippen LogP contribution < -0.4 is 5.32 Å². The quantitative estimate of drug-likeness (QED) is 0.672. The highest BCUT2D eigenvalue weighted by Gasteiger charge is 2.41. The van der Waals surface area contributed by atoms with Gasteiger partial charge in [0, 0.05) is 12.1 Å². The van der Waals surface area contributed by atoms with Gasteiger partial charge in [-0.25, -0.2) is 0 Å². The molecular formula is C18H35NO2. The van der Waals surface area contributed by atoms with Crippen LogP contribution in [-0.2, 0) is 4.74 Å². The first-order chi connectivity index (χ1) is 10.3. The van der Waals surface area contributed by atoms with Crippen LogP contribution in [0, 0.1) is 5.92 Å². The number of aliphatic hydroxyl groups is 1. The van der Waals surface area contributed by atoms with Crippen LogP contribution in [0.2, 0.25) is 0 Å². The first kappa shape index (κ1) is 17.2. The Bertz CT molecular complexity index is 276. The Morgan fingerprint density at radius 1 is 1.10 bits per heavy atom. The smallest absolute Gasteiger partial charge is 0.0616 e. The number of rotatable bonds is 8. The van der Waals surface area contributed by atoms with E-state index in [0.29, 0.717) is 12.0 Å². The predicted octanol–water partition coefficient (Wildman–Crippen LogP) is 3.65. The molecule has 0 aromatic carbocycles. The van der Waals surface area contributed by atoms with E-state index in [1.807, 2.05) is 0 Å². The second-order valence-electron chi connectivity index (χ2n) is 7.10. The molecule has 2 fully saturated rings. The van der Waals surface area contributed by atoms with Gasteiger partial charge in [0.1, 0.15) is 0 Å². The molecule has 0 aliphatic heterocycles. The summed E-state index contributed by atoms with van der Waals surface area (Å²) in [5.41, 5.74) is -0.0250. The van der Waals surface area contributed by atoms with E-state index in [2.05, 4.69) is 12.2 Å².